The minimum absolute atomic E-state index is 0.269. The predicted octanol–water partition coefficient (Wildman–Crippen LogP) is 3.15. The number of nitriles is 1. The SMILES string of the molecule is N#Cc1ccc(C(=O)Nc2cc(Br)ccc2-n2cncn2)cc1. The molecular formula is C16H10BrN5O. The van der Waals surface area contributed by atoms with Gasteiger partial charge in [-0.1, -0.05) is 15.9 Å². The van der Waals surface area contributed by atoms with Gasteiger partial charge in [0, 0.05) is 10.0 Å². The average molecular weight is 368 g/mol. The largest absolute Gasteiger partial charge is 0.320 e. The summed E-state index contributed by atoms with van der Waals surface area (Å²) in [7, 11) is 0. The van der Waals surface area contributed by atoms with Crippen LogP contribution in [-0.4, -0.2) is 20.7 Å². The standard InChI is InChI=1S/C16H10BrN5O/c17-13-5-6-15(22-10-19-9-20-22)14(7-13)21-16(23)12-3-1-11(8-18)2-4-12/h1-7,9-10H,(H,21,23). The van der Waals surface area contributed by atoms with Gasteiger partial charge in [-0.25, -0.2) is 9.67 Å². The number of benzene rings is 2. The van der Waals surface area contributed by atoms with Gasteiger partial charge >= 0.3 is 0 Å². The van der Waals surface area contributed by atoms with Crippen LogP contribution < -0.4 is 5.32 Å². The van der Waals surface area contributed by atoms with Crippen molar-refractivity contribution in [3.05, 3.63) is 70.7 Å². The molecule has 7 heteroatoms. The van der Waals surface area contributed by atoms with Crippen LogP contribution in [-0.2, 0) is 0 Å². The van der Waals surface area contributed by atoms with Crippen LogP contribution in [0.4, 0.5) is 5.69 Å². The second-order valence-electron chi connectivity index (χ2n) is 4.64. The molecule has 0 aliphatic heterocycles. The molecule has 3 aromatic rings. The monoisotopic (exact) mass is 367 g/mol. The van der Waals surface area contributed by atoms with Crippen LogP contribution >= 0.6 is 15.9 Å². The molecule has 0 aliphatic carbocycles. The Morgan fingerprint density at radius 2 is 2.00 bits per heavy atom. The van der Waals surface area contributed by atoms with E-state index < -0.39 is 0 Å². The van der Waals surface area contributed by atoms with E-state index in [1.165, 1.54) is 6.33 Å². The summed E-state index contributed by atoms with van der Waals surface area (Å²) in [5.74, 6) is -0.269. The van der Waals surface area contributed by atoms with Crippen LogP contribution in [0.1, 0.15) is 15.9 Å². The van der Waals surface area contributed by atoms with Gasteiger partial charge in [-0.05, 0) is 42.5 Å². The average Bonchev–Trinajstić information content (AvgIpc) is 3.09. The number of aromatic nitrogens is 3. The fourth-order valence-corrected chi connectivity index (χ4v) is 2.39. The molecular weight excluding hydrogens is 358 g/mol. The van der Waals surface area contributed by atoms with Crippen LogP contribution in [0.5, 0.6) is 0 Å². The van der Waals surface area contributed by atoms with Crippen molar-refractivity contribution in [3.8, 4) is 11.8 Å². The van der Waals surface area contributed by atoms with Crippen LogP contribution in [0.2, 0.25) is 0 Å². The molecule has 0 fully saturated rings. The summed E-state index contributed by atoms with van der Waals surface area (Å²) >= 11 is 3.39. The number of halogens is 1. The lowest BCUT2D eigenvalue weighted by molar-refractivity contribution is 0.102. The summed E-state index contributed by atoms with van der Waals surface area (Å²) in [4.78, 5) is 16.3. The first-order valence-corrected chi connectivity index (χ1v) is 7.43. The van der Waals surface area contributed by atoms with E-state index in [0.717, 1.165) is 4.47 Å². The number of rotatable bonds is 3. The second kappa shape index (κ2) is 6.42. The third-order valence-electron chi connectivity index (χ3n) is 3.15. The molecule has 2 aromatic carbocycles. The highest BCUT2D eigenvalue weighted by Crippen LogP contribution is 2.24. The molecule has 3 rings (SSSR count). The number of carbonyl (C=O) groups excluding carboxylic acids is 1. The molecule has 0 saturated carbocycles. The highest BCUT2D eigenvalue weighted by molar-refractivity contribution is 9.10. The van der Waals surface area contributed by atoms with E-state index in [4.69, 9.17) is 5.26 Å². The molecule has 6 nitrogen and oxygen atoms in total. The number of anilines is 1. The maximum absolute atomic E-state index is 12.4. The first-order chi connectivity index (χ1) is 11.2. The molecule has 0 aliphatic rings. The molecule has 0 saturated heterocycles. The van der Waals surface area contributed by atoms with E-state index in [1.54, 1.807) is 41.3 Å². The number of nitrogens with one attached hydrogen (secondary N) is 1. The summed E-state index contributed by atoms with van der Waals surface area (Å²) < 4.78 is 2.40. The summed E-state index contributed by atoms with van der Waals surface area (Å²) in [6.45, 7) is 0. The van der Waals surface area contributed by atoms with Gasteiger partial charge in [0.2, 0.25) is 0 Å². The first-order valence-electron chi connectivity index (χ1n) is 6.63. The maximum atomic E-state index is 12.4. The molecule has 0 atom stereocenters. The van der Waals surface area contributed by atoms with Gasteiger partial charge in [0.1, 0.15) is 12.7 Å². The molecule has 1 heterocycles. The van der Waals surface area contributed by atoms with Gasteiger partial charge in [0.25, 0.3) is 5.91 Å². The Kier molecular flexibility index (Phi) is 4.17. The van der Waals surface area contributed by atoms with Crippen LogP contribution in [0, 0.1) is 11.3 Å². The molecule has 0 bridgehead atoms. The van der Waals surface area contributed by atoms with Crippen molar-refractivity contribution >= 4 is 27.5 Å². The van der Waals surface area contributed by atoms with E-state index in [0.29, 0.717) is 22.5 Å². The van der Waals surface area contributed by atoms with Crippen molar-refractivity contribution in [3.63, 3.8) is 0 Å². The van der Waals surface area contributed by atoms with E-state index in [2.05, 4.69) is 31.3 Å². The lowest BCUT2D eigenvalue weighted by atomic mass is 10.1. The van der Waals surface area contributed by atoms with Gasteiger partial charge < -0.3 is 5.32 Å². The summed E-state index contributed by atoms with van der Waals surface area (Å²) in [5.41, 5.74) is 2.27. The smallest absolute Gasteiger partial charge is 0.255 e. The number of hydrogen-bond donors (Lipinski definition) is 1. The van der Waals surface area contributed by atoms with Crippen LogP contribution in [0.3, 0.4) is 0 Å². The number of amides is 1. The normalized spacial score (nSPS) is 10.1. The summed E-state index contributed by atoms with van der Waals surface area (Å²) in [6, 6.07) is 13.9. The molecule has 1 N–H and O–H groups in total. The quantitative estimate of drug-likeness (QED) is 0.770. The number of carbonyl (C=O) groups is 1. The van der Waals surface area contributed by atoms with Crippen molar-refractivity contribution in [1.29, 1.82) is 5.26 Å². The lowest BCUT2D eigenvalue weighted by Crippen LogP contribution is -2.14. The first kappa shape index (κ1) is 14.9. The van der Waals surface area contributed by atoms with E-state index in [-0.39, 0.29) is 5.91 Å². The molecule has 112 valence electrons. The van der Waals surface area contributed by atoms with Gasteiger partial charge in [-0.3, -0.25) is 4.79 Å². The van der Waals surface area contributed by atoms with Gasteiger partial charge in [0.15, 0.2) is 0 Å². The zero-order valence-electron chi connectivity index (χ0n) is 11.8. The van der Waals surface area contributed by atoms with Crippen LogP contribution in [0.15, 0.2) is 59.6 Å². The lowest BCUT2D eigenvalue weighted by Gasteiger charge is -2.11. The minimum atomic E-state index is -0.269. The topological polar surface area (TPSA) is 83.6 Å². The number of nitrogens with zero attached hydrogens (tertiary/aromatic N) is 4. The Bertz CT molecular complexity index is 882. The molecule has 23 heavy (non-hydrogen) atoms. The molecule has 1 aromatic heterocycles. The van der Waals surface area contributed by atoms with E-state index >= 15 is 0 Å². The van der Waals surface area contributed by atoms with Crippen LogP contribution in [0.25, 0.3) is 5.69 Å². The van der Waals surface area contributed by atoms with Crippen molar-refractivity contribution in [2.75, 3.05) is 5.32 Å². The van der Waals surface area contributed by atoms with Crippen molar-refractivity contribution in [2.45, 2.75) is 0 Å². The fourth-order valence-electron chi connectivity index (χ4n) is 2.03. The molecule has 0 spiro atoms. The van der Waals surface area contributed by atoms with Crippen molar-refractivity contribution < 1.29 is 4.79 Å². The highest BCUT2D eigenvalue weighted by atomic mass is 79.9. The number of hydrogen-bond acceptors (Lipinski definition) is 4. The Hall–Kier alpha value is -2.98. The summed E-state index contributed by atoms with van der Waals surface area (Å²) in [5, 5.41) is 15.7. The predicted molar refractivity (Wildman–Crippen MR) is 88.2 cm³/mol. The van der Waals surface area contributed by atoms with Crippen molar-refractivity contribution in [1.82, 2.24) is 14.8 Å². The fraction of sp³-hybridized carbons (Fsp3) is 0. The van der Waals surface area contributed by atoms with Crippen molar-refractivity contribution in [2.24, 2.45) is 0 Å². The maximum Gasteiger partial charge on any atom is 0.255 e. The Labute approximate surface area is 140 Å². The van der Waals surface area contributed by atoms with Gasteiger partial charge in [-0.15, -0.1) is 0 Å². The van der Waals surface area contributed by atoms with Gasteiger partial charge in [0.05, 0.1) is 23.0 Å². The van der Waals surface area contributed by atoms with E-state index in [1.807, 2.05) is 18.2 Å². The van der Waals surface area contributed by atoms with E-state index in [9.17, 15) is 4.79 Å². The molecule has 0 radical (unpaired) electrons. The molecule has 0 unspecified atom stereocenters. The summed E-state index contributed by atoms with van der Waals surface area (Å²) in [6.07, 6.45) is 2.98. The minimum Gasteiger partial charge on any atom is -0.320 e. The Morgan fingerprint density at radius 1 is 1.22 bits per heavy atom. The highest BCUT2D eigenvalue weighted by Gasteiger charge is 2.11. The third-order valence-corrected chi connectivity index (χ3v) is 3.64. The Morgan fingerprint density at radius 3 is 2.65 bits per heavy atom. The second-order valence-corrected chi connectivity index (χ2v) is 5.56. The third kappa shape index (κ3) is 3.27. The van der Waals surface area contributed by atoms with Gasteiger partial charge in [-0.2, -0.15) is 10.4 Å². The zero-order valence-corrected chi connectivity index (χ0v) is 13.4. The zero-order chi connectivity index (χ0) is 16.2. The Balaban J connectivity index is 1.91. The molecule has 1 amide bonds.